The van der Waals surface area contributed by atoms with Crippen molar-refractivity contribution in [3.05, 3.63) is 81.7 Å². The number of nitrogens with zero attached hydrogens (tertiary/aromatic N) is 2. The minimum atomic E-state index is -0.892. The molecule has 24 heavy (non-hydrogen) atoms. The van der Waals surface area contributed by atoms with Crippen molar-refractivity contribution in [3.63, 3.8) is 0 Å². The molecule has 1 aliphatic heterocycles. The summed E-state index contributed by atoms with van der Waals surface area (Å²) in [5.41, 5.74) is 1.57. The maximum Gasteiger partial charge on any atom is 0.237 e. The molecule has 1 fully saturated rings. The van der Waals surface area contributed by atoms with Gasteiger partial charge >= 0.3 is 0 Å². The summed E-state index contributed by atoms with van der Waals surface area (Å²) in [6.07, 6.45) is 0.0596. The van der Waals surface area contributed by atoms with Gasteiger partial charge in [-0.1, -0.05) is 42.5 Å². The first-order valence-electron chi connectivity index (χ1n) is 7.75. The summed E-state index contributed by atoms with van der Waals surface area (Å²) in [5.74, 6) is -1.05. The van der Waals surface area contributed by atoms with Crippen molar-refractivity contribution < 1.29 is 14.1 Å². The molecule has 5 nitrogen and oxygen atoms in total. The Morgan fingerprint density at radius 1 is 1.12 bits per heavy atom. The van der Waals surface area contributed by atoms with Crippen molar-refractivity contribution in [2.45, 2.75) is 24.9 Å². The highest BCUT2D eigenvalue weighted by Gasteiger charge is 2.42. The maximum absolute atomic E-state index is 13.1. The molecule has 124 valence electrons. The Bertz CT molecular complexity index is 734. The number of rotatable bonds is 4. The van der Waals surface area contributed by atoms with Crippen molar-refractivity contribution in [2.24, 2.45) is 0 Å². The lowest BCUT2D eigenvalue weighted by Gasteiger charge is -2.34. The lowest BCUT2D eigenvalue weighted by Crippen LogP contribution is -2.49. The molecule has 0 spiro atoms. The first-order valence-corrected chi connectivity index (χ1v) is 7.75. The van der Waals surface area contributed by atoms with E-state index in [1.165, 1.54) is 29.2 Å². The third kappa shape index (κ3) is 3.42. The van der Waals surface area contributed by atoms with Crippen molar-refractivity contribution in [1.82, 2.24) is 4.90 Å². The SMILES string of the molecule is O=C1C[C@H](c2ccc(F)cc2)[C@@H]([N+](=O)[O-])CN1Cc1ccccc1. The Morgan fingerprint density at radius 3 is 2.42 bits per heavy atom. The number of carbonyl (C=O) groups is 1. The van der Waals surface area contributed by atoms with E-state index in [0.717, 1.165) is 5.56 Å². The van der Waals surface area contributed by atoms with Crippen LogP contribution in [0.15, 0.2) is 54.6 Å². The van der Waals surface area contributed by atoms with Gasteiger partial charge in [-0.25, -0.2) is 4.39 Å². The number of halogens is 1. The zero-order chi connectivity index (χ0) is 17.1. The normalized spacial score (nSPS) is 20.9. The Balaban J connectivity index is 1.81. The first-order chi connectivity index (χ1) is 11.5. The van der Waals surface area contributed by atoms with E-state index >= 15 is 0 Å². The molecule has 1 saturated heterocycles. The van der Waals surface area contributed by atoms with E-state index < -0.39 is 17.8 Å². The van der Waals surface area contributed by atoms with Crippen LogP contribution in [0.3, 0.4) is 0 Å². The molecule has 2 aromatic carbocycles. The van der Waals surface area contributed by atoms with Gasteiger partial charge in [0.05, 0.1) is 12.5 Å². The monoisotopic (exact) mass is 328 g/mol. The van der Waals surface area contributed by atoms with Crippen LogP contribution in [0.1, 0.15) is 23.5 Å². The lowest BCUT2D eigenvalue weighted by atomic mass is 9.85. The number of nitro groups is 1. The second kappa shape index (κ2) is 6.78. The molecule has 1 heterocycles. The highest BCUT2D eigenvalue weighted by atomic mass is 19.1. The molecule has 0 radical (unpaired) electrons. The molecule has 3 rings (SSSR count). The molecular formula is C18H17FN2O3. The molecule has 1 amide bonds. The standard InChI is InChI=1S/C18H17FN2O3/c19-15-8-6-14(7-9-15)16-10-18(22)20(12-17(16)21(23)24)11-13-4-2-1-3-5-13/h1-9,16-17H,10-12H2/t16-,17+/m1/s1. The van der Waals surface area contributed by atoms with Crippen LogP contribution in [0.4, 0.5) is 4.39 Å². The van der Waals surface area contributed by atoms with Crippen LogP contribution in [-0.4, -0.2) is 28.3 Å². The summed E-state index contributed by atoms with van der Waals surface area (Å²) < 4.78 is 13.1. The summed E-state index contributed by atoms with van der Waals surface area (Å²) in [6.45, 7) is 0.420. The van der Waals surface area contributed by atoms with Crippen LogP contribution in [0, 0.1) is 15.9 Å². The van der Waals surface area contributed by atoms with Crippen LogP contribution in [0.25, 0.3) is 0 Å². The predicted octanol–water partition coefficient (Wildman–Crippen LogP) is 2.99. The molecule has 0 bridgehead atoms. The summed E-state index contributed by atoms with van der Waals surface area (Å²) in [7, 11) is 0. The van der Waals surface area contributed by atoms with Gasteiger partial charge in [0.2, 0.25) is 11.9 Å². The molecule has 6 heteroatoms. The van der Waals surface area contributed by atoms with Gasteiger partial charge in [0.25, 0.3) is 0 Å². The van der Waals surface area contributed by atoms with E-state index in [1.807, 2.05) is 30.3 Å². The first kappa shape index (κ1) is 16.1. The van der Waals surface area contributed by atoms with Gasteiger partial charge in [0.1, 0.15) is 5.82 Å². The number of amides is 1. The smallest absolute Gasteiger partial charge is 0.237 e. The van der Waals surface area contributed by atoms with Crippen molar-refractivity contribution in [2.75, 3.05) is 6.54 Å². The molecule has 2 atom stereocenters. The van der Waals surface area contributed by atoms with Gasteiger partial charge in [-0.2, -0.15) is 0 Å². The van der Waals surface area contributed by atoms with E-state index in [9.17, 15) is 19.3 Å². The third-order valence-electron chi connectivity index (χ3n) is 4.40. The highest BCUT2D eigenvalue weighted by Crippen LogP contribution is 2.31. The highest BCUT2D eigenvalue weighted by molar-refractivity contribution is 5.78. The number of hydrogen-bond acceptors (Lipinski definition) is 3. The minimum absolute atomic E-state index is 0.0583. The Labute approximate surface area is 138 Å². The van der Waals surface area contributed by atoms with Crippen molar-refractivity contribution >= 4 is 5.91 Å². The second-order valence-electron chi connectivity index (χ2n) is 5.97. The Hall–Kier alpha value is -2.76. The summed E-state index contributed by atoms with van der Waals surface area (Å²) >= 11 is 0. The fraction of sp³-hybridized carbons (Fsp3) is 0.278. The average Bonchev–Trinajstić information content (AvgIpc) is 2.58. The van der Waals surface area contributed by atoms with Crippen molar-refractivity contribution in [1.29, 1.82) is 0 Å². The largest absolute Gasteiger partial charge is 0.331 e. The van der Waals surface area contributed by atoms with Crippen molar-refractivity contribution in [3.8, 4) is 0 Å². The Morgan fingerprint density at radius 2 is 1.79 bits per heavy atom. The fourth-order valence-electron chi connectivity index (χ4n) is 3.13. The van der Waals surface area contributed by atoms with Crippen LogP contribution >= 0.6 is 0 Å². The summed E-state index contributed by atoms with van der Waals surface area (Å²) in [4.78, 5) is 25.1. The minimum Gasteiger partial charge on any atom is -0.331 e. The Kier molecular flexibility index (Phi) is 4.55. The molecule has 0 aromatic heterocycles. The number of carbonyl (C=O) groups excluding carboxylic acids is 1. The topological polar surface area (TPSA) is 63.4 Å². The summed E-state index contributed by atoms with van der Waals surface area (Å²) in [5, 5.41) is 11.5. The van der Waals surface area contributed by atoms with E-state index in [-0.39, 0.29) is 23.8 Å². The lowest BCUT2D eigenvalue weighted by molar-refractivity contribution is -0.528. The molecule has 0 unspecified atom stereocenters. The fourth-order valence-corrected chi connectivity index (χ4v) is 3.13. The molecule has 0 saturated carbocycles. The van der Waals surface area contributed by atoms with Crippen LogP contribution in [0.5, 0.6) is 0 Å². The van der Waals surface area contributed by atoms with Crippen LogP contribution in [-0.2, 0) is 11.3 Å². The zero-order valence-corrected chi connectivity index (χ0v) is 13.0. The molecule has 0 N–H and O–H groups in total. The van der Waals surface area contributed by atoms with Gasteiger partial charge in [0, 0.05) is 17.9 Å². The number of likely N-dealkylation sites (tertiary alicyclic amines) is 1. The second-order valence-corrected chi connectivity index (χ2v) is 5.97. The van der Waals surface area contributed by atoms with Gasteiger partial charge < -0.3 is 4.90 Å². The third-order valence-corrected chi connectivity index (χ3v) is 4.40. The van der Waals surface area contributed by atoms with E-state index in [1.54, 1.807) is 0 Å². The zero-order valence-electron chi connectivity index (χ0n) is 13.0. The quantitative estimate of drug-likeness (QED) is 0.640. The number of benzene rings is 2. The predicted molar refractivity (Wildman–Crippen MR) is 86.4 cm³/mol. The van der Waals surface area contributed by atoms with Gasteiger partial charge in [-0.05, 0) is 23.3 Å². The molecular weight excluding hydrogens is 311 g/mol. The van der Waals surface area contributed by atoms with Gasteiger partial charge in [-0.15, -0.1) is 0 Å². The maximum atomic E-state index is 13.1. The average molecular weight is 328 g/mol. The van der Waals surface area contributed by atoms with Crippen LogP contribution in [0.2, 0.25) is 0 Å². The van der Waals surface area contributed by atoms with Crippen LogP contribution < -0.4 is 0 Å². The molecule has 1 aliphatic rings. The van der Waals surface area contributed by atoms with E-state index in [4.69, 9.17) is 0 Å². The molecule has 2 aromatic rings. The number of hydrogen-bond donors (Lipinski definition) is 0. The van der Waals surface area contributed by atoms with Gasteiger partial charge in [-0.3, -0.25) is 14.9 Å². The van der Waals surface area contributed by atoms with E-state index in [0.29, 0.717) is 12.1 Å². The molecule has 0 aliphatic carbocycles. The summed E-state index contributed by atoms with van der Waals surface area (Å²) in [6, 6.07) is 14.1. The number of piperidine rings is 1. The van der Waals surface area contributed by atoms with E-state index in [2.05, 4.69) is 0 Å². The van der Waals surface area contributed by atoms with Gasteiger partial charge in [0.15, 0.2) is 0 Å².